The largest absolute Gasteiger partial charge is 0.372 e. The number of aromatic nitrogens is 2. The van der Waals surface area contributed by atoms with Gasteiger partial charge in [0.15, 0.2) is 0 Å². The number of halogens is 2. The van der Waals surface area contributed by atoms with E-state index in [2.05, 4.69) is 34.0 Å². The number of imidazole rings is 1. The minimum absolute atomic E-state index is 0.0491. The Bertz CT molecular complexity index is 825. The molecular weight excluding hydrogens is 298 g/mol. The van der Waals surface area contributed by atoms with Gasteiger partial charge in [0, 0.05) is 24.8 Å². The predicted octanol–water partition coefficient (Wildman–Crippen LogP) is 4.43. The van der Waals surface area contributed by atoms with Gasteiger partial charge in [-0.2, -0.15) is 0 Å². The third kappa shape index (κ3) is 3.11. The van der Waals surface area contributed by atoms with Crippen LogP contribution in [0.1, 0.15) is 13.8 Å². The molecule has 4 nitrogen and oxygen atoms in total. The molecule has 120 valence electrons. The highest BCUT2D eigenvalue weighted by molar-refractivity contribution is 5.82. The zero-order valence-electron chi connectivity index (χ0n) is 13.0. The second-order valence-corrected chi connectivity index (χ2v) is 5.21. The van der Waals surface area contributed by atoms with E-state index >= 15 is 0 Å². The number of hydrogen-bond donors (Lipinski definition) is 2. The zero-order chi connectivity index (χ0) is 16.4. The monoisotopic (exact) mass is 316 g/mol. The maximum atomic E-state index is 13.7. The molecule has 2 aromatic carbocycles. The van der Waals surface area contributed by atoms with Gasteiger partial charge >= 0.3 is 0 Å². The molecule has 0 spiro atoms. The second kappa shape index (κ2) is 6.24. The Morgan fingerprint density at radius 3 is 2.61 bits per heavy atom. The smallest absolute Gasteiger partial charge is 0.205 e. The van der Waals surface area contributed by atoms with Crippen molar-refractivity contribution in [1.82, 2.24) is 9.97 Å². The van der Waals surface area contributed by atoms with Gasteiger partial charge in [-0.3, -0.25) is 0 Å². The van der Waals surface area contributed by atoms with Crippen molar-refractivity contribution in [2.24, 2.45) is 0 Å². The SMILES string of the molecule is CCN(CC)c1ccc2[nH]c(Nc3cc(F)ccc3F)nc2c1. The number of benzene rings is 2. The number of anilines is 3. The summed E-state index contributed by atoms with van der Waals surface area (Å²) in [5.41, 5.74) is 2.74. The van der Waals surface area contributed by atoms with Crippen LogP contribution in [0.3, 0.4) is 0 Å². The summed E-state index contributed by atoms with van der Waals surface area (Å²) in [5.74, 6) is -0.661. The summed E-state index contributed by atoms with van der Waals surface area (Å²) in [6.07, 6.45) is 0. The van der Waals surface area contributed by atoms with E-state index in [1.807, 2.05) is 18.2 Å². The van der Waals surface area contributed by atoms with Crippen LogP contribution in [-0.2, 0) is 0 Å². The van der Waals surface area contributed by atoms with Crippen molar-refractivity contribution in [1.29, 1.82) is 0 Å². The zero-order valence-corrected chi connectivity index (χ0v) is 13.0. The summed E-state index contributed by atoms with van der Waals surface area (Å²) in [6.45, 7) is 6.01. The molecule has 3 aromatic rings. The Balaban J connectivity index is 1.92. The summed E-state index contributed by atoms with van der Waals surface area (Å²) in [5, 5.41) is 2.78. The average molecular weight is 316 g/mol. The minimum atomic E-state index is -0.532. The third-order valence-electron chi connectivity index (χ3n) is 3.78. The van der Waals surface area contributed by atoms with Crippen molar-refractivity contribution in [3.63, 3.8) is 0 Å². The molecule has 0 amide bonds. The van der Waals surface area contributed by atoms with E-state index in [4.69, 9.17) is 0 Å². The topological polar surface area (TPSA) is 44.0 Å². The quantitative estimate of drug-likeness (QED) is 0.732. The molecule has 0 atom stereocenters. The van der Waals surface area contributed by atoms with Gasteiger partial charge in [0.2, 0.25) is 5.95 Å². The van der Waals surface area contributed by atoms with Crippen LogP contribution in [0.5, 0.6) is 0 Å². The number of H-pyrrole nitrogens is 1. The van der Waals surface area contributed by atoms with Gasteiger partial charge in [0.1, 0.15) is 11.6 Å². The van der Waals surface area contributed by atoms with E-state index in [9.17, 15) is 8.78 Å². The van der Waals surface area contributed by atoms with E-state index < -0.39 is 11.6 Å². The number of nitrogens with zero attached hydrogens (tertiary/aromatic N) is 2. The van der Waals surface area contributed by atoms with E-state index in [-0.39, 0.29) is 5.69 Å². The van der Waals surface area contributed by atoms with Gasteiger partial charge in [-0.05, 0) is 44.2 Å². The van der Waals surface area contributed by atoms with E-state index in [1.165, 1.54) is 0 Å². The lowest BCUT2D eigenvalue weighted by Gasteiger charge is -2.20. The van der Waals surface area contributed by atoms with Crippen LogP contribution in [0.2, 0.25) is 0 Å². The number of rotatable bonds is 5. The molecule has 23 heavy (non-hydrogen) atoms. The molecule has 2 N–H and O–H groups in total. The van der Waals surface area contributed by atoms with Gasteiger partial charge in [-0.15, -0.1) is 0 Å². The van der Waals surface area contributed by atoms with Crippen LogP contribution < -0.4 is 10.2 Å². The third-order valence-corrected chi connectivity index (χ3v) is 3.78. The number of nitrogens with one attached hydrogen (secondary N) is 2. The fraction of sp³-hybridized carbons (Fsp3) is 0.235. The van der Waals surface area contributed by atoms with E-state index in [0.717, 1.165) is 48.0 Å². The summed E-state index contributed by atoms with van der Waals surface area (Å²) in [7, 11) is 0. The van der Waals surface area contributed by atoms with Gasteiger partial charge in [-0.25, -0.2) is 13.8 Å². The van der Waals surface area contributed by atoms with Crippen molar-refractivity contribution in [2.45, 2.75) is 13.8 Å². The fourth-order valence-corrected chi connectivity index (χ4v) is 2.56. The molecule has 0 aliphatic carbocycles. The van der Waals surface area contributed by atoms with Crippen molar-refractivity contribution in [3.8, 4) is 0 Å². The Morgan fingerprint density at radius 2 is 1.87 bits per heavy atom. The van der Waals surface area contributed by atoms with Crippen molar-refractivity contribution in [2.75, 3.05) is 23.3 Å². The molecule has 0 fully saturated rings. The molecule has 0 unspecified atom stereocenters. The first kappa shape index (κ1) is 15.3. The Hall–Kier alpha value is -2.63. The van der Waals surface area contributed by atoms with E-state index in [1.54, 1.807) is 0 Å². The van der Waals surface area contributed by atoms with Crippen LogP contribution in [0.25, 0.3) is 11.0 Å². The first-order valence-corrected chi connectivity index (χ1v) is 7.57. The maximum Gasteiger partial charge on any atom is 0.205 e. The lowest BCUT2D eigenvalue weighted by molar-refractivity contribution is 0.603. The number of hydrogen-bond acceptors (Lipinski definition) is 3. The Kier molecular flexibility index (Phi) is 4.14. The number of fused-ring (bicyclic) bond motifs is 1. The standard InChI is InChI=1S/C17H18F2N4/c1-3-23(4-2)12-6-8-14-16(10-12)22-17(20-14)21-15-9-11(18)5-7-13(15)19/h5-10H,3-4H2,1-2H3,(H2,20,21,22). The molecule has 0 aliphatic heterocycles. The Labute approximate surface area is 133 Å². The minimum Gasteiger partial charge on any atom is -0.372 e. The molecule has 0 bridgehead atoms. The first-order valence-electron chi connectivity index (χ1n) is 7.57. The molecule has 0 aliphatic rings. The van der Waals surface area contributed by atoms with Gasteiger partial charge in [0.25, 0.3) is 0 Å². The van der Waals surface area contributed by atoms with Crippen LogP contribution in [0, 0.1) is 11.6 Å². The summed E-state index contributed by atoms with van der Waals surface area (Å²) < 4.78 is 26.9. The molecule has 1 heterocycles. The summed E-state index contributed by atoms with van der Waals surface area (Å²) >= 11 is 0. The Morgan fingerprint density at radius 1 is 1.09 bits per heavy atom. The lowest BCUT2D eigenvalue weighted by Crippen LogP contribution is -2.21. The summed E-state index contributed by atoms with van der Waals surface area (Å²) in [6, 6.07) is 9.19. The predicted molar refractivity (Wildman–Crippen MR) is 89.3 cm³/mol. The van der Waals surface area contributed by atoms with E-state index in [0.29, 0.717) is 5.95 Å². The van der Waals surface area contributed by atoms with Gasteiger partial charge in [-0.1, -0.05) is 0 Å². The lowest BCUT2D eigenvalue weighted by atomic mass is 10.2. The molecule has 1 aromatic heterocycles. The molecule has 0 saturated heterocycles. The molecule has 6 heteroatoms. The van der Waals surface area contributed by atoms with Crippen LogP contribution in [-0.4, -0.2) is 23.1 Å². The first-order chi connectivity index (χ1) is 11.1. The number of aromatic amines is 1. The molecular formula is C17H18F2N4. The average Bonchev–Trinajstić information content (AvgIpc) is 2.94. The van der Waals surface area contributed by atoms with Gasteiger partial charge in [0.05, 0.1) is 16.7 Å². The van der Waals surface area contributed by atoms with Crippen LogP contribution >= 0.6 is 0 Å². The second-order valence-electron chi connectivity index (χ2n) is 5.21. The maximum absolute atomic E-state index is 13.7. The van der Waals surface area contributed by atoms with Crippen LogP contribution in [0.4, 0.5) is 26.1 Å². The fourth-order valence-electron chi connectivity index (χ4n) is 2.56. The highest BCUT2D eigenvalue weighted by atomic mass is 19.1. The van der Waals surface area contributed by atoms with Crippen LogP contribution in [0.15, 0.2) is 36.4 Å². The van der Waals surface area contributed by atoms with Gasteiger partial charge < -0.3 is 15.2 Å². The summed E-state index contributed by atoms with van der Waals surface area (Å²) in [4.78, 5) is 9.69. The molecule has 0 saturated carbocycles. The van der Waals surface area contributed by atoms with Crippen molar-refractivity contribution >= 4 is 28.4 Å². The molecule has 3 rings (SSSR count). The van der Waals surface area contributed by atoms with Crippen molar-refractivity contribution in [3.05, 3.63) is 48.0 Å². The van der Waals surface area contributed by atoms with Crippen molar-refractivity contribution < 1.29 is 8.78 Å². The normalized spacial score (nSPS) is 11.0. The molecule has 0 radical (unpaired) electrons. The highest BCUT2D eigenvalue weighted by Gasteiger charge is 2.09. The highest BCUT2D eigenvalue weighted by Crippen LogP contribution is 2.24.